The molecule has 47 heavy (non-hydrogen) atoms. The van der Waals surface area contributed by atoms with Crippen molar-refractivity contribution in [2.75, 3.05) is 55.8 Å². The summed E-state index contributed by atoms with van der Waals surface area (Å²) in [5.74, 6) is -5.42. The van der Waals surface area contributed by atoms with Gasteiger partial charge in [-0.1, -0.05) is 27.6 Å². The van der Waals surface area contributed by atoms with Crippen LogP contribution in [0.15, 0.2) is 48.0 Å². The molecule has 0 bridgehead atoms. The van der Waals surface area contributed by atoms with E-state index in [9.17, 15) is 24.3 Å². The molecule has 248 valence electrons. The van der Waals surface area contributed by atoms with Crippen LogP contribution in [0.25, 0.3) is 0 Å². The predicted molar refractivity (Wildman–Crippen MR) is 177 cm³/mol. The number of likely N-dealkylation sites (tertiary alicyclic amines) is 1. The van der Waals surface area contributed by atoms with Crippen LogP contribution in [-0.2, 0) is 23.9 Å². The molecular weight excluding hydrogens is 717 g/mol. The molecule has 0 unspecified atom stereocenters. The van der Waals surface area contributed by atoms with Crippen LogP contribution in [0.4, 0.5) is 11.4 Å². The van der Waals surface area contributed by atoms with Crippen molar-refractivity contribution in [3.63, 3.8) is 0 Å². The van der Waals surface area contributed by atoms with E-state index in [1.807, 2.05) is 18.2 Å². The Balaban J connectivity index is 1.34. The number of rotatable bonds is 6. The minimum Gasteiger partial charge on any atom is -0.508 e. The Bertz CT molecular complexity index is 1690. The lowest BCUT2D eigenvalue weighted by atomic mass is 9.56. The van der Waals surface area contributed by atoms with E-state index in [4.69, 9.17) is 37.4 Å². The summed E-state index contributed by atoms with van der Waals surface area (Å²) in [6.45, 7) is 2.74. The lowest BCUT2D eigenvalue weighted by Crippen LogP contribution is -2.60. The average Bonchev–Trinajstić information content (AvgIpc) is 3.42. The van der Waals surface area contributed by atoms with Crippen molar-refractivity contribution in [2.45, 2.75) is 28.5 Å². The lowest BCUT2D eigenvalue weighted by molar-refractivity contribution is -0.138. The van der Waals surface area contributed by atoms with Crippen LogP contribution in [0.5, 0.6) is 17.2 Å². The number of carbonyl (C=O) groups is 4. The number of phenolic OH excluding ortho intramolecular Hbond substituents is 1. The smallest absolute Gasteiger partial charge is 0.254 e. The number of nitrogens with zero attached hydrogens (tertiary/aromatic N) is 3. The molecule has 2 aromatic rings. The van der Waals surface area contributed by atoms with Gasteiger partial charge in [-0.25, -0.2) is 0 Å². The van der Waals surface area contributed by atoms with Gasteiger partial charge in [0.15, 0.2) is 9.75 Å². The molecule has 6 atom stereocenters. The highest BCUT2D eigenvalue weighted by molar-refractivity contribution is 9.09. The number of phenols is 1. The second-order valence-corrected chi connectivity index (χ2v) is 14.1. The van der Waals surface area contributed by atoms with Crippen molar-refractivity contribution in [1.82, 2.24) is 4.90 Å². The van der Waals surface area contributed by atoms with E-state index in [1.165, 1.54) is 31.3 Å². The fourth-order valence-electron chi connectivity index (χ4n) is 8.17. The minimum absolute atomic E-state index is 0.147. The van der Waals surface area contributed by atoms with Gasteiger partial charge in [-0.3, -0.25) is 29.0 Å². The topological polar surface area (TPSA) is 126 Å². The molecule has 3 saturated heterocycles. The molecule has 2 aromatic carbocycles. The summed E-state index contributed by atoms with van der Waals surface area (Å²) in [5.41, 5.74) is 2.15. The SMILES string of the molecule is COc1cc(O)cc(OC)c1[C@H]1C2=CC[C@@H]3C(=O)N(c4ccc(N5CCOCC5)cc4)C(=O)[C@@H]3[C@@H]2C[C@@]2(Cl)C(=O)N(CBr)C(=O)[C@@]12Cl. The fraction of sp³-hybridized carbons (Fsp3) is 0.455. The van der Waals surface area contributed by atoms with Gasteiger partial charge in [-0.05, 0) is 43.0 Å². The minimum atomic E-state index is -2.05. The Labute approximate surface area is 289 Å². The maximum absolute atomic E-state index is 14.4. The number of ether oxygens (including phenoxy) is 3. The number of benzene rings is 2. The van der Waals surface area contributed by atoms with Crippen LogP contribution in [0.3, 0.4) is 0 Å². The van der Waals surface area contributed by atoms with Gasteiger partial charge in [0.1, 0.15) is 17.2 Å². The maximum atomic E-state index is 14.4. The molecular formula is C33H32BrCl2N3O8. The van der Waals surface area contributed by atoms with E-state index in [0.717, 1.165) is 23.7 Å². The van der Waals surface area contributed by atoms with Crippen LogP contribution in [0.2, 0.25) is 0 Å². The number of hydrogen-bond donors (Lipinski definition) is 1. The van der Waals surface area contributed by atoms with Gasteiger partial charge in [0.25, 0.3) is 11.8 Å². The molecule has 1 N–H and O–H groups in total. The third-order valence-electron chi connectivity index (χ3n) is 10.3. The summed E-state index contributed by atoms with van der Waals surface area (Å²) in [5, 5.41) is 10.4. The Morgan fingerprint density at radius 1 is 0.936 bits per heavy atom. The highest BCUT2D eigenvalue weighted by Gasteiger charge is 2.76. The Kier molecular flexibility index (Phi) is 8.01. The molecule has 5 aliphatic rings. The molecule has 14 heteroatoms. The molecule has 11 nitrogen and oxygen atoms in total. The quantitative estimate of drug-likeness (QED) is 0.201. The fourth-order valence-corrected chi connectivity index (χ4v) is 9.58. The molecule has 0 spiro atoms. The molecule has 4 fully saturated rings. The summed E-state index contributed by atoms with van der Waals surface area (Å²) >= 11 is 17.9. The van der Waals surface area contributed by atoms with Gasteiger partial charge in [-0.15, -0.1) is 23.2 Å². The van der Waals surface area contributed by atoms with Crippen LogP contribution >= 0.6 is 39.1 Å². The zero-order valence-corrected chi connectivity index (χ0v) is 28.7. The number of halogens is 3. The molecule has 0 aromatic heterocycles. The number of anilines is 2. The number of amides is 4. The van der Waals surface area contributed by atoms with Crippen molar-refractivity contribution in [2.24, 2.45) is 17.8 Å². The second-order valence-electron chi connectivity index (χ2n) is 12.4. The first-order valence-electron chi connectivity index (χ1n) is 15.3. The molecule has 4 amide bonds. The summed E-state index contributed by atoms with van der Waals surface area (Å²) < 4.78 is 16.8. The number of methoxy groups -OCH3 is 2. The first-order valence-corrected chi connectivity index (χ1v) is 17.1. The van der Waals surface area contributed by atoms with Crippen LogP contribution in [-0.4, -0.2) is 89.4 Å². The third kappa shape index (κ3) is 4.47. The number of allylic oxidation sites excluding steroid dienone is 2. The van der Waals surface area contributed by atoms with E-state index in [1.54, 1.807) is 12.1 Å². The van der Waals surface area contributed by atoms with Gasteiger partial charge in [0, 0.05) is 42.4 Å². The zero-order valence-electron chi connectivity index (χ0n) is 25.6. The van der Waals surface area contributed by atoms with E-state index >= 15 is 0 Å². The largest absolute Gasteiger partial charge is 0.508 e. The Morgan fingerprint density at radius 3 is 2.15 bits per heavy atom. The second kappa shape index (κ2) is 11.7. The standard InChI is InChI=1S/C33H32BrCl2N3O8/c1-45-23-13-19(40)14-24(46-2)26(23)27-20-7-8-21-25(22(20)15-32(35)30(43)38(16-34)31(44)33(27,32)36)29(42)39(28(21)41)18-5-3-17(4-6-18)37-9-11-47-12-10-37/h3-7,13-14,21-22,25,27,40H,8-12,15-16H2,1-2H3/t21-,22+,25-,27+,32+,33-/m0/s1. The summed E-state index contributed by atoms with van der Waals surface area (Å²) in [6, 6.07) is 10.0. The number of carbonyl (C=O) groups excluding carboxylic acids is 4. The molecule has 3 heterocycles. The highest BCUT2D eigenvalue weighted by Crippen LogP contribution is 2.67. The normalized spacial score (nSPS) is 31.9. The maximum Gasteiger partial charge on any atom is 0.254 e. The molecule has 3 aliphatic heterocycles. The van der Waals surface area contributed by atoms with E-state index in [2.05, 4.69) is 20.8 Å². The average molecular weight is 749 g/mol. The molecule has 2 aliphatic carbocycles. The van der Waals surface area contributed by atoms with Gasteiger partial charge in [0.2, 0.25) is 11.8 Å². The van der Waals surface area contributed by atoms with Crippen molar-refractivity contribution in [3.05, 3.63) is 53.6 Å². The number of morpholine rings is 1. The number of aromatic hydroxyl groups is 1. The van der Waals surface area contributed by atoms with E-state index < -0.39 is 51.1 Å². The van der Waals surface area contributed by atoms with Crippen molar-refractivity contribution < 1.29 is 38.5 Å². The van der Waals surface area contributed by atoms with Crippen molar-refractivity contribution in [1.29, 1.82) is 0 Å². The highest BCUT2D eigenvalue weighted by atomic mass is 79.9. The summed E-state index contributed by atoms with van der Waals surface area (Å²) in [7, 11) is 2.79. The first kappa shape index (κ1) is 32.2. The van der Waals surface area contributed by atoms with E-state index in [0.29, 0.717) is 30.0 Å². The van der Waals surface area contributed by atoms with E-state index in [-0.39, 0.29) is 41.5 Å². The van der Waals surface area contributed by atoms with Gasteiger partial charge >= 0.3 is 0 Å². The molecule has 1 saturated carbocycles. The van der Waals surface area contributed by atoms with Crippen molar-refractivity contribution >= 4 is 74.1 Å². The van der Waals surface area contributed by atoms with Crippen molar-refractivity contribution in [3.8, 4) is 17.2 Å². The Hall–Kier alpha value is -3.32. The summed E-state index contributed by atoms with van der Waals surface area (Å²) in [6.07, 6.45) is 1.89. The lowest BCUT2D eigenvalue weighted by Gasteiger charge is -2.51. The first-order chi connectivity index (χ1) is 22.5. The number of alkyl halides is 3. The monoisotopic (exact) mass is 747 g/mol. The van der Waals surface area contributed by atoms with Gasteiger partial charge in [-0.2, -0.15) is 0 Å². The number of imide groups is 2. The van der Waals surface area contributed by atoms with Gasteiger partial charge in [0.05, 0.1) is 50.4 Å². The summed E-state index contributed by atoms with van der Waals surface area (Å²) in [4.78, 5) is 56.8. The van der Waals surface area contributed by atoms with Gasteiger partial charge < -0.3 is 24.2 Å². The third-order valence-corrected chi connectivity index (χ3v) is 12.2. The number of hydrogen-bond acceptors (Lipinski definition) is 9. The molecule has 7 rings (SSSR count). The molecule has 0 radical (unpaired) electrons. The van der Waals surface area contributed by atoms with Crippen LogP contribution < -0.4 is 19.3 Å². The number of fused-ring (bicyclic) bond motifs is 4. The zero-order chi connectivity index (χ0) is 33.4. The van der Waals surface area contributed by atoms with Crippen LogP contribution in [0.1, 0.15) is 24.3 Å². The van der Waals surface area contributed by atoms with Crippen LogP contribution in [0, 0.1) is 17.8 Å². The predicted octanol–water partition coefficient (Wildman–Crippen LogP) is 4.16. The Morgan fingerprint density at radius 2 is 1.55 bits per heavy atom.